The highest BCUT2D eigenvalue weighted by molar-refractivity contribution is 7.89. The monoisotopic (exact) mass is 398 g/mol. The summed E-state index contributed by atoms with van der Waals surface area (Å²) >= 11 is 0. The number of morpholine rings is 1. The van der Waals surface area contributed by atoms with Crippen LogP contribution in [-0.2, 0) is 30.8 Å². The average Bonchev–Trinajstić information content (AvgIpc) is 2.66. The molecule has 0 unspecified atom stereocenters. The van der Waals surface area contributed by atoms with Crippen LogP contribution < -0.4 is 0 Å². The van der Waals surface area contributed by atoms with Gasteiger partial charge in [-0.25, -0.2) is 8.42 Å². The third kappa shape index (κ3) is 6.02. The minimum Gasteiger partial charge on any atom is -0.480 e. The van der Waals surface area contributed by atoms with Gasteiger partial charge in [-0.1, -0.05) is 19.1 Å². The zero-order valence-electron chi connectivity index (χ0n) is 15.5. The molecule has 1 amide bonds. The van der Waals surface area contributed by atoms with E-state index in [2.05, 4.69) is 0 Å². The van der Waals surface area contributed by atoms with Crippen LogP contribution in [0.3, 0.4) is 0 Å². The number of aryl methyl sites for hydroxylation is 1. The Kier molecular flexibility index (Phi) is 7.76. The van der Waals surface area contributed by atoms with Gasteiger partial charge >= 0.3 is 5.97 Å². The fraction of sp³-hybridized carbons (Fsp3) is 0.556. The normalized spacial score (nSPS) is 15.4. The molecule has 1 aliphatic rings. The zero-order valence-corrected chi connectivity index (χ0v) is 16.3. The molecular formula is C18H26N2O6S. The molecule has 0 atom stereocenters. The summed E-state index contributed by atoms with van der Waals surface area (Å²) in [5, 5.41) is 8.90. The summed E-state index contributed by atoms with van der Waals surface area (Å²) in [6.07, 6.45) is 1.30. The van der Waals surface area contributed by atoms with Crippen molar-refractivity contribution in [1.82, 2.24) is 9.21 Å². The predicted octanol–water partition coefficient (Wildman–Crippen LogP) is 0.963. The zero-order chi connectivity index (χ0) is 19.9. The quantitative estimate of drug-likeness (QED) is 0.665. The summed E-state index contributed by atoms with van der Waals surface area (Å²) < 4.78 is 31.8. The molecule has 0 saturated carbocycles. The lowest BCUT2D eigenvalue weighted by Crippen LogP contribution is -2.40. The molecule has 150 valence electrons. The second-order valence-electron chi connectivity index (χ2n) is 6.37. The van der Waals surface area contributed by atoms with Crippen LogP contribution in [0.25, 0.3) is 0 Å². The number of carbonyl (C=O) groups is 2. The topological polar surface area (TPSA) is 104 Å². The number of ether oxygens (including phenoxy) is 1. The van der Waals surface area contributed by atoms with Crippen molar-refractivity contribution < 1.29 is 27.9 Å². The SMILES string of the molecule is CCCN(CC(=O)O)C(=O)CCc1ccc(S(=O)(=O)N2CCOCC2)cc1. The van der Waals surface area contributed by atoms with Crippen LogP contribution in [0, 0.1) is 0 Å². The van der Waals surface area contributed by atoms with E-state index < -0.39 is 16.0 Å². The second-order valence-corrected chi connectivity index (χ2v) is 8.31. The summed E-state index contributed by atoms with van der Waals surface area (Å²) in [4.78, 5) is 24.6. The van der Waals surface area contributed by atoms with Crippen molar-refractivity contribution >= 4 is 21.9 Å². The van der Waals surface area contributed by atoms with E-state index in [-0.39, 0.29) is 23.8 Å². The Bertz CT molecular complexity index is 742. The minimum atomic E-state index is -3.53. The molecule has 27 heavy (non-hydrogen) atoms. The van der Waals surface area contributed by atoms with E-state index in [1.165, 1.54) is 9.21 Å². The van der Waals surface area contributed by atoms with Gasteiger partial charge in [-0.2, -0.15) is 4.31 Å². The van der Waals surface area contributed by atoms with Crippen LogP contribution in [0.1, 0.15) is 25.3 Å². The van der Waals surface area contributed by atoms with E-state index in [1.807, 2.05) is 6.92 Å². The van der Waals surface area contributed by atoms with Crippen LogP contribution >= 0.6 is 0 Å². The molecule has 1 N–H and O–H groups in total. The fourth-order valence-corrected chi connectivity index (χ4v) is 4.31. The van der Waals surface area contributed by atoms with Crippen LogP contribution in [0.5, 0.6) is 0 Å². The van der Waals surface area contributed by atoms with Gasteiger partial charge in [-0.05, 0) is 30.5 Å². The number of nitrogens with zero attached hydrogens (tertiary/aromatic N) is 2. The van der Waals surface area contributed by atoms with Crippen molar-refractivity contribution in [1.29, 1.82) is 0 Å². The third-order valence-corrected chi connectivity index (χ3v) is 6.24. The van der Waals surface area contributed by atoms with Gasteiger partial charge in [0.1, 0.15) is 6.54 Å². The first-order valence-electron chi connectivity index (χ1n) is 9.01. The Hall–Kier alpha value is -1.97. The summed E-state index contributed by atoms with van der Waals surface area (Å²) in [5.74, 6) is -1.25. The largest absolute Gasteiger partial charge is 0.480 e. The molecule has 9 heteroatoms. The number of carboxylic acid groups (broad SMARTS) is 1. The lowest BCUT2D eigenvalue weighted by molar-refractivity contribution is -0.144. The number of sulfonamides is 1. The molecule has 0 aliphatic carbocycles. The van der Waals surface area contributed by atoms with E-state index in [0.717, 1.165) is 5.56 Å². The molecular weight excluding hydrogens is 372 g/mol. The van der Waals surface area contributed by atoms with Gasteiger partial charge in [-0.15, -0.1) is 0 Å². The number of benzene rings is 1. The Morgan fingerprint density at radius 3 is 2.37 bits per heavy atom. The third-order valence-electron chi connectivity index (χ3n) is 4.33. The maximum absolute atomic E-state index is 12.6. The van der Waals surface area contributed by atoms with E-state index in [0.29, 0.717) is 45.7 Å². The van der Waals surface area contributed by atoms with Gasteiger partial charge in [0.15, 0.2) is 0 Å². The van der Waals surface area contributed by atoms with Gasteiger partial charge in [0.05, 0.1) is 18.1 Å². The van der Waals surface area contributed by atoms with Crippen molar-refractivity contribution in [2.75, 3.05) is 39.4 Å². The lowest BCUT2D eigenvalue weighted by Gasteiger charge is -2.26. The predicted molar refractivity (Wildman–Crippen MR) is 98.8 cm³/mol. The number of amides is 1. The lowest BCUT2D eigenvalue weighted by atomic mass is 10.1. The Morgan fingerprint density at radius 2 is 1.81 bits per heavy atom. The first-order valence-corrected chi connectivity index (χ1v) is 10.4. The van der Waals surface area contributed by atoms with Crippen molar-refractivity contribution in [2.24, 2.45) is 0 Å². The molecule has 2 rings (SSSR count). The summed E-state index contributed by atoms with van der Waals surface area (Å²) in [7, 11) is -3.53. The highest BCUT2D eigenvalue weighted by Crippen LogP contribution is 2.18. The van der Waals surface area contributed by atoms with E-state index in [4.69, 9.17) is 9.84 Å². The maximum Gasteiger partial charge on any atom is 0.323 e. The molecule has 1 aromatic carbocycles. The van der Waals surface area contributed by atoms with Gasteiger partial charge in [0, 0.05) is 26.1 Å². The van der Waals surface area contributed by atoms with Gasteiger partial charge in [0.2, 0.25) is 15.9 Å². The van der Waals surface area contributed by atoms with Gasteiger partial charge in [-0.3, -0.25) is 9.59 Å². The molecule has 0 aromatic heterocycles. The molecule has 1 heterocycles. The van der Waals surface area contributed by atoms with Crippen molar-refractivity contribution in [3.05, 3.63) is 29.8 Å². The van der Waals surface area contributed by atoms with Gasteiger partial charge < -0.3 is 14.7 Å². The number of carbonyl (C=O) groups excluding carboxylic acids is 1. The Labute approximate surface area is 159 Å². The second kappa shape index (κ2) is 9.82. The first-order chi connectivity index (χ1) is 12.8. The molecule has 1 aliphatic heterocycles. The number of hydrogen-bond donors (Lipinski definition) is 1. The van der Waals surface area contributed by atoms with Crippen LogP contribution in [0.15, 0.2) is 29.2 Å². The number of carboxylic acids is 1. The standard InChI is InChI=1S/C18H26N2O6S/c1-2-9-19(14-18(22)23)17(21)8-5-15-3-6-16(7-4-15)27(24,25)20-10-12-26-13-11-20/h3-4,6-7H,2,5,8-14H2,1H3,(H,22,23). The summed E-state index contributed by atoms with van der Waals surface area (Å²) in [6.45, 7) is 3.46. The highest BCUT2D eigenvalue weighted by Gasteiger charge is 2.26. The molecule has 8 nitrogen and oxygen atoms in total. The maximum atomic E-state index is 12.6. The van der Waals surface area contributed by atoms with Crippen molar-refractivity contribution in [3.8, 4) is 0 Å². The first kappa shape index (κ1) is 21.3. The number of hydrogen-bond acceptors (Lipinski definition) is 5. The van der Waals surface area contributed by atoms with Crippen molar-refractivity contribution in [2.45, 2.75) is 31.1 Å². The van der Waals surface area contributed by atoms with Crippen LogP contribution in [-0.4, -0.2) is 74.0 Å². The Balaban J connectivity index is 1.96. The van der Waals surface area contributed by atoms with Crippen molar-refractivity contribution in [3.63, 3.8) is 0 Å². The minimum absolute atomic E-state index is 0.183. The van der Waals surface area contributed by atoms with E-state index >= 15 is 0 Å². The van der Waals surface area contributed by atoms with Crippen LogP contribution in [0.4, 0.5) is 0 Å². The fourth-order valence-electron chi connectivity index (χ4n) is 2.90. The molecule has 0 radical (unpaired) electrons. The molecule has 1 saturated heterocycles. The molecule has 0 bridgehead atoms. The van der Waals surface area contributed by atoms with E-state index in [1.54, 1.807) is 24.3 Å². The number of aliphatic carboxylic acids is 1. The number of rotatable bonds is 9. The summed E-state index contributed by atoms with van der Waals surface area (Å²) in [5.41, 5.74) is 0.830. The highest BCUT2D eigenvalue weighted by atomic mass is 32.2. The van der Waals surface area contributed by atoms with E-state index in [9.17, 15) is 18.0 Å². The van der Waals surface area contributed by atoms with Gasteiger partial charge in [0.25, 0.3) is 0 Å². The Morgan fingerprint density at radius 1 is 1.19 bits per heavy atom. The average molecular weight is 398 g/mol. The molecule has 1 fully saturated rings. The summed E-state index contributed by atoms with van der Waals surface area (Å²) in [6, 6.07) is 6.49. The van der Waals surface area contributed by atoms with Crippen LogP contribution in [0.2, 0.25) is 0 Å². The molecule has 0 spiro atoms. The molecule has 1 aromatic rings. The smallest absolute Gasteiger partial charge is 0.323 e.